The van der Waals surface area contributed by atoms with Gasteiger partial charge in [0.1, 0.15) is 0 Å². The number of imidazole rings is 1. The number of ketones is 1. The molecule has 4 aromatic rings. The standard InChI is InChI=1S/C18H13N3OS/c22-16-9-11(17-6-3-7-23-17)8-14-12(16)10-21-15-5-2-1-4-13(15)19-18(21)20-14/h1-7,10-11H,8-9H2/t11-/m1/s1. The molecule has 5 rings (SSSR count). The third-order valence-electron chi connectivity index (χ3n) is 4.50. The predicted octanol–water partition coefficient (Wildman–Crippen LogP) is 3.86. The minimum Gasteiger partial charge on any atom is -0.294 e. The molecule has 1 aliphatic rings. The number of para-hydroxylation sites is 2. The molecule has 112 valence electrons. The summed E-state index contributed by atoms with van der Waals surface area (Å²) in [5.74, 6) is 1.09. The van der Waals surface area contributed by atoms with Crippen molar-refractivity contribution in [2.45, 2.75) is 18.8 Å². The molecular weight excluding hydrogens is 306 g/mol. The van der Waals surface area contributed by atoms with Crippen molar-refractivity contribution in [2.24, 2.45) is 0 Å². The molecule has 0 saturated heterocycles. The monoisotopic (exact) mass is 319 g/mol. The second-order valence-corrected chi connectivity index (χ2v) is 6.89. The lowest BCUT2D eigenvalue weighted by Crippen LogP contribution is -2.20. The summed E-state index contributed by atoms with van der Waals surface area (Å²) < 4.78 is 1.93. The van der Waals surface area contributed by atoms with Crippen molar-refractivity contribution < 1.29 is 4.79 Å². The molecule has 1 aromatic carbocycles. The number of fused-ring (bicyclic) bond motifs is 4. The summed E-state index contributed by atoms with van der Waals surface area (Å²) in [6, 6.07) is 12.1. The van der Waals surface area contributed by atoms with Crippen molar-refractivity contribution in [3.63, 3.8) is 0 Å². The molecule has 0 saturated carbocycles. The minimum atomic E-state index is 0.178. The zero-order valence-electron chi connectivity index (χ0n) is 12.3. The van der Waals surface area contributed by atoms with Crippen molar-refractivity contribution in [3.05, 3.63) is 64.1 Å². The van der Waals surface area contributed by atoms with Crippen LogP contribution < -0.4 is 0 Å². The minimum absolute atomic E-state index is 0.178. The van der Waals surface area contributed by atoms with E-state index in [2.05, 4.69) is 16.4 Å². The fourth-order valence-electron chi connectivity index (χ4n) is 3.38. The fraction of sp³-hybridized carbons (Fsp3) is 0.167. The molecule has 4 nitrogen and oxygen atoms in total. The molecule has 3 aromatic heterocycles. The number of Topliss-reactive ketones (excluding diaryl/α,β-unsaturated/α-hetero) is 1. The highest BCUT2D eigenvalue weighted by atomic mass is 32.1. The van der Waals surface area contributed by atoms with Crippen molar-refractivity contribution in [3.8, 4) is 0 Å². The zero-order chi connectivity index (χ0) is 15.4. The Hall–Kier alpha value is -2.53. The summed E-state index contributed by atoms with van der Waals surface area (Å²) in [5, 5.41) is 2.06. The van der Waals surface area contributed by atoms with Crippen molar-refractivity contribution in [1.29, 1.82) is 0 Å². The molecule has 3 heterocycles. The summed E-state index contributed by atoms with van der Waals surface area (Å²) in [7, 11) is 0. The first-order valence-corrected chi connectivity index (χ1v) is 8.51. The van der Waals surface area contributed by atoms with Gasteiger partial charge in [0.25, 0.3) is 0 Å². The van der Waals surface area contributed by atoms with E-state index in [1.807, 2.05) is 40.9 Å². The molecule has 0 spiro atoms. The van der Waals surface area contributed by atoms with Crippen LogP contribution in [0.4, 0.5) is 0 Å². The normalized spacial score (nSPS) is 17.7. The van der Waals surface area contributed by atoms with Gasteiger partial charge in [-0.25, -0.2) is 9.97 Å². The van der Waals surface area contributed by atoms with E-state index in [0.717, 1.165) is 28.7 Å². The Morgan fingerprint density at radius 2 is 2.00 bits per heavy atom. The number of thiophene rings is 1. The summed E-state index contributed by atoms with van der Waals surface area (Å²) in [5.41, 5.74) is 3.52. The molecule has 1 atom stereocenters. The second-order valence-electron chi connectivity index (χ2n) is 5.92. The Bertz CT molecular complexity index is 1050. The maximum atomic E-state index is 12.6. The molecule has 0 N–H and O–H groups in total. The average Bonchev–Trinajstić information content (AvgIpc) is 3.20. The van der Waals surface area contributed by atoms with E-state index in [9.17, 15) is 4.79 Å². The highest BCUT2D eigenvalue weighted by molar-refractivity contribution is 7.10. The van der Waals surface area contributed by atoms with Gasteiger partial charge >= 0.3 is 0 Å². The molecule has 0 fully saturated rings. The van der Waals surface area contributed by atoms with Crippen LogP contribution in [0.1, 0.15) is 33.3 Å². The van der Waals surface area contributed by atoms with Gasteiger partial charge in [-0.1, -0.05) is 18.2 Å². The number of carbonyl (C=O) groups excluding carboxylic acids is 1. The third-order valence-corrected chi connectivity index (χ3v) is 5.53. The lowest BCUT2D eigenvalue weighted by molar-refractivity contribution is 0.0963. The smallest absolute Gasteiger partial charge is 0.235 e. The number of rotatable bonds is 1. The van der Waals surface area contributed by atoms with E-state index in [4.69, 9.17) is 4.98 Å². The van der Waals surface area contributed by atoms with Crippen LogP contribution in [0.15, 0.2) is 48.0 Å². The lowest BCUT2D eigenvalue weighted by atomic mass is 9.85. The van der Waals surface area contributed by atoms with Crippen LogP contribution in [-0.2, 0) is 6.42 Å². The Kier molecular flexibility index (Phi) is 2.67. The van der Waals surface area contributed by atoms with Crippen LogP contribution in [0.5, 0.6) is 0 Å². The van der Waals surface area contributed by atoms with Crippen LogP contribution in [-0.4, -0.2) is 20.2 Å². The largest absolute Gasteiger partial charge is 0.294 e. The fourth-order valence-corrected chi connectivity index (χ4v) is 4.21. The van der Waals surface area contributed by atoms with Crippen molar-refractivity contribution >= 4 is 33.9 Å². The molecule has 5 heteroatoms. The first-order valence-electron chi connectivity index (χ1n) is 7.63. The molecule has 0 radical (unpaired) electrons. The van der Waals surface area contributed by atoms with E-state index in [1.54, 1.807) is 11.3 Å². The van der Waals surface area contributed by atoms with Gasteiger partial charge in [-0.05, 0) is 30.0 Å². The van der Waals surface area contributed by atoms with Gasteiger partial charge in [-0.15, -0.1) is 11.3 Å². The Balaban J connectivity index is 1.70. The highest BCUT2D eigenvalue weighted by Crippen LogP contribution is 2.34. The number of hydrogen-bond donors (Lipinski definition) is 0. The van der Waals surface area contributed by atoms with Gasteiger partial charge in [0.2, 0.25) is 5.78 Å². The summed E-state index contributed by atoms with van der Waals surface area (Å²) in [6.07, 6.45) is 3.29. The first kappa shape index (κ1) is 13.0. The van der Waals surface area contributed by atoms with E-state index in [0.29, 0.717) is 12.2 Å². The highest BCUT2D eigenvalue weighted by Gasteiger charge is 2.29. The zero-order valence-corrected chi connectivity index (χ0v) is 13.1. The van der Waals surface area contributed by atoms with E-state index in [1.165, 1.54) is 4.88 Å². The molecule has 0 aliphatic heterocycles. The number of aromatic nitrogens is 3. The van der Waals surface area contributed by atoms with Gasteiger partial charge in [0.05, 0.1) is 22.3 Å². The Labute approximate surface area is 136 Å². The maximum Gasteiger partial charge on any atom is 0.235 e. The Morgan fingerprint density at radius 1 is 1.09 bits per heavy atom. The number of benzene rings is 1. The van der Waals surface area contributed by atoms with Gasteiger partial charge in [-0.3, -0.25) is 9.20 Å². The molecule has 23 heavy (non-hydrogen) atoms. The number of carbonyl (C=O) groups is 1. The van der Waals surface area contributed by atoms with Gasteiger partial charge in [0, 0.05) is 23.4 Å². The summed E-state index contributed by atoms with van der Waals surface area (Å²) in [6.45, 7) is 0. The quantitative estimate of drug-likeness (QED) is 0.535. The van der Waals surface area contributed by atoms with Crippen molar-refractivity contribution in [1.82, 2.24) is 14.4 Å². The molecule has 0 amide bonds. The van der Waals surface area contributed by atoms with Crippen LogP contribution >= 0.6 is 11.3 Å². The Morgan fingerprint density at radius 3 is 2.87 bits per heavy atom. The molecule has 0 unspecified atom stereocenters. The molecule has 0 bridgehead atoms. The van der Waals surface area contributed by atoms with E-state index >= 15 is 0 Å². The summed E-state index contributed by atoms with van der Waals surface area (Å²) >= 11 is 1.71. The lowest BCUT2D eigenvalue weighted by Gasteiger charge is -2.21. The van der Waals surface area contributed by atoms with E-state index in [-0.39, 0.29) is 11.7 Å². The van der Waals surface area contributed by atoms with Crippen LogP contribution in [0.2, 0.25) is 0 Å². The molecular formula is C18H13N3OS. The number of hydrogen-bond acceptors (Lipinski definition) is 4. The van der Waals surface area contributed by atoms with E-state index < -0.39 is 0 Å². The van der Waals surface area contributed by atoms with Gasteiger partial charge in [0.15, 0.2) is 5.78 Å². The van der Waals surface area contributed by atoms with Gasteiger partial charge in [-0.2, -0.15) is 0 Å². The van der Waals surface area contributed by atoms with Crippen molar-refractivity contribution in [2.75, 3.05) is 0 Å². The average molecular weight is 319 g/mol. The third kappa shape index (κ3) is 1.93. The molecule has 1 aliphatic carbocycles. The second kappa shape index (κ2) is 4.73. The summed E-state index contributed by atoms with van der Waals surface area (Å²) in [4.78, 5) is 23.2. The maximum absolute atomic E-state index is 12.6. The topological polar surface area (TPSA) is 47.3 Å². The number of nitrogens with zero attached hydrogens (tertiary/aromatic N) is 3. The SMILES string of the molecule is O=C1C[C@H](c2cccs2)Cc2nc3nc4ccccc4n3cc21. The first-order chi connectivity index (χ1) is 11.3. The van der Waals surface area contributed by atoms with Crippen LogP contribution in [0.3, 0.4) is 0 Å². The van der Waals surface area contributed by atoms with Gasteiger partial charge < -0.3 is 0 Å². The van der Waals surface area contributed by atoms with Crippen LogP contribution in [0.25, 0.3) is 16.8 Å². The van der Waals surface area contributed by atoms with Crippen LogP contribution in [0, 0.1) is 0 Å². The predicted molar refractivity (Wildman–Crippen MR) is 90.2 cm³/mol.